The summed E-state index contributed by atoms with van der Waals surface area (Å²) in [5.74, 6) is -0.246. The van der Waals surface area contributed by atoms with E-state index < -0.39 is 12.0 Å². The van der Waals surface area contributed by atoms with Gasteiger partial charge in [0.05, 0.1) is 5.75 Å². The number of nitrogens with one attached hydrogen (secondary N) is 2. The number of carboxylic acid groups (broad SMARTS) is 1. The molecule has 0 rings (SSSR count). The molecule has 0 radical (unpaired) electrons. The first-order valence-corrected chi connectivity index (χ1v) is 7.81. The van der Waals surface area contributed by atoms with E-state index in [-0.39, 0.29) is 23.5 Å². The summed E-state index contributed by atoms with van der Waals surface area (Å²) in [5, 5.41) is 13.9. The Morgan fingerprint density at radius 2 is 1.90 bits per heavy atom. The van der Waals surface area contributed by atoms with Crippen LogP contribution in [0, 0.1) is 5.92 Å². The molecule has 0 aliphatic carbocycles. The van der Waals surface area contributed by atoms with E-state index in [1.807, 2.05) is 6.92 Å². The lowest BCUT2D eigenvalue weighted by Gasteiger charge is -2.15. The fraction of sp³-hybridized carbons (Fsp3) is 0.769. The minimum atomic E-state index is -1.10. The Bertz CT molecular complexity index is 323. The van der Waals surface area contributed by atoms with Gasteiger partial charge in [0.15, 0.2) is 0 Å². The summed E-state index contributed by atoms with van der Waals surface area (Å²) in [5.41, 5.74) is 0. The number of rotatable bonds is 11. The molecule has 0 aliphatic heterocycles. The minimum Gasteiger partial charge on any atom is -0.480 e. The molecular weight excluding hydrogens is 280 g/mol. The highest BCUT2D eigenvalue weighted by Crippen LogP contribution is 2.07. The van der Waals surface area contributed by atoms with Crippen molar-refractivity contribution < 1.29 is 19.5 Å². The number of carbonyl (C=O) groups excluding carboxylic acids is 2. The summed E-state index contributed by atoms with van der Waals surface area (Å²) >= 11 is 1.19. The molecule has 0 spiro atoms. The fourth-order valence-electron chi connectivity index (χ4n) is 1.51. The molecule has 0 aromatic heterocycles. The Hall–Kier alpha value is -1.24. The van der Waals surface area contributed by atoms with E-state index in [0.717, 1.165) is 12.8 Å². The standard InChI is InChI=1S/C13H24N2O4S/c1-9(2)4-5-10(3)15-12(17)7-20-6-11(13(18)19)14-8-16/h8-11H,4-7H2,1-3H3,(H,14,16)(H,15,17)(H,18,19). The van der Waals surface area contributed by atoms with E-state index in [9.17, 15) is 14.4 Å². The Labute approximate surface area is 124 Å². The average molecular weight is 304 g/mol. The van der Waals surface area contributed by atoms with Crippen LogP contribution in [0.25, 0.3) is 0 Å². The predicted molar refractivity (Wildman–Crippen MR) is 79.6 cm³/mol. The lowest BCUT2D eigenvalue weighted by atomic mass is 10.0. The largest absolute Gasteiger partial charge is 0.480 e. The van der Waals surface area contributed by atoms with Gasteiger partial charge in [-0.25, -0.2) is 4.79 Å². The second-order valence-corrected chi connectivity index (χ2v) is 6.16. The summed E-state index contributed by atoms with van der Waals surface area (Å²) in [7, 11) is 0. The quantitative estimate of drug-likeness (QED) is 0.492. The van der Waals surface area contributed by atoms with Crippen LogP contribution in [0.4, 0.5) is 0 Å². The third kappa shape index (κ3) is 9.66. The van der Waals surface area contributed by atoms with Crippen molar-refractivity contribution in [3.8, 4) is 0 Å². The van der Waals surface area contributed by atoms with Gasteiger partial charge in [-0.2, -0.15) is 0 Å². The molecule has 0 saturated heterocycles. The molecule has 0 fully saturated rings. The first-order valence-electron chi connectivity index (χ1n) is 6.66. The van der Waals surface area contributed by atoms with E-state index in [1.54, 1.807) is 0 Å². The molecule has 116 valence electrons. The number of hydrogen-bond donors (Lipinski definition) is 3. The van der Waals surface area contributed by atoms with Crippen molar-refractivity contribution in [2.45, 2.75) is 45.7 Å². The number of carboxylic acids is 1. The van der Waals surface area contributed by atoms with E-state index in [2.05, 4.69) is 24.5 Å². The molecular formula is C13H24N2O4S. The van der Waals surface area contributed by atoms with Crippen molar-refractivity contribution in [3.05, 3.63) is 0 Å². The number of hydrogen-bond acceptors (Lipinski definition) is 4. The van der Waals surface area contributed by atoms with E-state index in [0.29, 0.717) is 12.3 Å². The lowest BCUT2D eigenvalue weighted by Crippen LogP contribution is -2.39. The molecule has 20 heavy (non-hydrogen) atoms. The van der Waals surface area contributed by atoms with E-state index in [4.69, 9.17) is 5.11 Å². The van der Waals surface area contributed by atoms with E-state index in [1.165, 1.54) is 11.8 Å². The lowest BCUT2D eigenvalue weighted by molar-refractivity contribution is -0.139. The van der Waals surface area contributed by atoms with Gasteiger partial charge in [0.2, 0.25) is 12.3 Å². The number of carbonyl (C=O) groups is 3. The molecule has 2 amide bonds. The monoisotopic (exact) mass is 304 g/mol. The second kappa shape index (κ2) is 10.5. The summed E-state index contributed by atoms with van der Waals surface area (Å²) in [6.07, 6.45) is 2.34. The SMILES string of the molecule is CC(C)CCC(C)NC(=O)CSCC(NC=O)C(=O)O. The van der Waals surface area contributed by atoms with Crippen LogP contribution in [-0.4, -0.2) is 47.0 Å². The third-order valence-electron chi connectivity index (χ3n) is 2.67. The molecule has 0 heterocycles. The Morgan fingerprint density at radius 1 is 1.25 bits per heavy atom. The van der Waals surface area contributed by atoms with Crippen LogP contribution >= 0.6 is 11.8 Å². The average Bonchev–Trinajstić information content (AvgIpc) is 2.35. The molecule has 2 unspecified atom stereocenters. The Kier molecular flexibility index (Phi) is 9.88. The van der Waals surface area contributed by atoms with Crippen molar-refractivity contribution in [2.75, 3.05) is 11.5 Å². The van der Waals surface area contributed by atoms with Gasteiger partial charge in [0.25, 0.3) is 0 Å². The molecule has 0 bridgehead atoms. The van der Waals surface area contributed by atoms with Crippen molar-refractivity contribution in [1.29, 1.82) is 0 Å². The smallest absolute Gasteiger partial charge is 0.327 e. The zero-order valence-corrected chi connectivity index (χ0v) is 13.0. The van der Waals surface area contributed by atoms with Gasteiger partial charge in [0.1, 0.15) is 6.04 Å². The molecule has 2 atom stereocenters. The van der Waals surface area contributed by atoms with Crippen molar-refractivity contribution in [2.24, 2.45) is 5.92 Å². The second-order valence-electron chi connectivity index (χ2n) is 5.13. The van der Waals surface area contributed by atoms with Crippen LogP contribution in [0.15, 0.2) is 0 Å². The van der Waals surface area contributed by atoms with Gasteiger partial charge >= 0.3 is 5.97 Å². The number of amides is 2. The van der Waals surface area contributed by atoms with Crippen LogP contribution in [0.5, 0.6) is 0 Å². The number of aliphatic carboxylic acids is 1. The van der Waals surface area contributed by atoms with Crippen molar-refractivity contribution >= 4 is 30.0 Å². The first-order chi connectivity index (χ1) is 9.36. The highest BCUT2D eigenvalue weighted by Gasteiger charge is 2.17. The normalized spacial score (nSPS) is 13.6. The number of thioether (sulfide) groups is 1. The van der Waals surface area contributed by atoms with Gasteiger partial charge < -0.3 is 15.7 Å². The molecule has 0 aromatic rings. The van der Waals surface area contributed by atoms with Gasteiger partial charge in [-0.1, -0.05) is 13.8 Å². The Morgan fingerprint density at radius 3 is 2.40 bits per heavy atom. The van der Waals surface area contributed by atoms with Gasteiger partial charge in [-0.05, 0) is 25.7 Å². The van der Waals surface area contributed by atoms with Gasteiger partial charge in [-0.15, -0.1) is 11.8 Å². The van der Waals surface area contributed by atoms with Crippen LogP contribution in [0.2, 0.25) is 0 Å². The van der Waals surface area contributed by atoms with E-state index >= 15 is 0 Å². The molecule has 0 saturated carbocycles. The molecule has 6 nitrogen and oxygen atoms in total. The maximum Gasteiger partial charge on any atom is 0.327 e. The summed E-state index contributed by atoms with van der Waals surface area (Å²) in [6, 6.07) is -0.836. The molecule has 7 heteroatoms. The molecule has 0 aliphatic rings. The fourth-order valence-corrected chi connectivity index (χ4v) is 2.38. The maximum atomic E-state index is 11.6. The minimum absolute atomic E-state index is 0.110. The molecule has 0 aromatic carbocycles. The summed E-state index contributed by atoms with van der Waals surface area (Å²) < 4.78 is 0. The highest BCUT2D eigenvalue weighted by molar-refractivity contribution is 8.00. The molecule has 3 N–H and O–H groups in total. The summed E-state index contributed by atoms with van der Waals surface area (Å²) in [6.45, 7) is 6.23. The zero-order valence-electron chi connectivity index (χ0n) is 12.2. The highest BCUT2D eigenvalue weighted by atomic mass is 32.2. The van der Waals surface area contributed by atoms with Crippen molar-refractivity contribution in [1.82, 2.24) is 10.6 Å². The topological polar surface area (TPSA) is 95.5 Å². The van der Waals surface area contributed by atoms with Crippen LogP contribution in [0.1, 0.15) is 33.6 Å². The summed E-state index contributed by atoms with van der Waals surface area (Å²) in [4.78, 5) is 32.6. The van der Waals surface area contributed by atoms with Crippen LogP contribution in [-0.2, 0) is 14.4 Å². The van der Waals surface area contributed by atoms with Crippen LogP contribution in [0.3, 0.4) is 0 Å². The maximum absolute atomic E-state index is 11.6. The van der Waals surface area contributed by atoms with Gasteiger partial charge in [-0.3, -0.25) is 9.59 Å². The Balaban J connectivity index is 3.86. The zero-order chi connectivity index (χ0) is 15.5. The van der Waals surface area contributed by atoms with Gasteiger partial charge in [0, 0.05) is 11.8 Å². The predicted octanol–water partition coefficient (Wildman–Crippen LogP) is 0.860. The first kappa shape index (κ1) is 18.8. The third-order valence-corrected chi connectivity index (χ3v) is 3.70. The van der Waals surface area contributed by atoms with Crippen molar-refractivity contribution in [3.63, 3.8) is 0 Å². The van der Waals surface area contributed by atoms with Crippen LogP contribution < -0.4 is 10.6 Å².